The predicted octanol–water partition coefficient (Wildman–Crippen LogP) is 2.39. The van der Waals surface area contributed by atoms with Gasteiger partial charge >= 0.3 is 0 Å². The Morgan fingerprint density at radius 1 is 1.15 bits per heavy atom. The van der Waals surface area contributed by atoms with Gasteiger partial charge in [0.05, 0.1) is 9.46 Å². The fourth-order valence-corrected chi connectivity index (χ4v) is 3.88. The number of nitro groups is 1. The van der Waals surface area contributed by atoms with E-state index in [1.165, 1.54) is 27.7 Å². The molecule has 1 amide bonds. The van der Waals surface area contributed by atoms with E-state index in [9.17, 15) is 24.5 Å². The molecular formula is C24H25N3O6S. The smallest absolute Gasteiger partial charge is 0.269 e. The zero-order valence-corrected chi connectivity index (χ0v) is 20.3. The molecule has 34 heavy (non-hydrogen) atoms. The summed E-state index contributed by atoms with van der Waals surface area (Å²) >= 11 is 1.10. The maximum absolute atomic E-state index is 13.1. The summed E-state index contributed by atoms with van der Waals surface area (Å²) in [7, 11) is 3.19. The Morgan fingerprint density at radius 2 is 1.79 bits per heavy atom. The number of aromatic nitrogens is 1. The molecule has 0 saturated heterocycles. The lowest BCUT2D eigenvalue weighted by Gasteiger charge is -2.13. The van der Waals surface area contributed by atoms with Crippen molar-refractivity contribution in [1.82, 2.24) is 9.47 Å². The largest absolute Gasteiger partial charge is 0.457 e. The van der Waals surface area contributed by atoms with Crippen molar-refractivity contribution in [3.05, 3.63) is 71.8 Å². The number of carbonyl (C=O) groups is 2. The van der Waals surface area contributed by atoms with Gasteiger partial charge in [-0.15, -0.1) is 11.3 Å². The molecule has 3 rings (SSSR count). The van der Waals surface area contributed by atoms with E-state index in [2.05, 4.69) is 0 Å². The molecule has 0 unspecified atom stereocenters. The topological polar surface area (TPSA) is 116 Å². The third-order valence-corrected chi connectivity index (χ3v) is 6.04. The number of hydrogen-bond donors (Lipinski definition) is 0. The van der Waals surface area contributed by atoms with Crippen LogP contribution in [0.1, 0.15) is 26.5 Å². The lowest BCUT2D eigenvalue weighted by atomic mass is 9.91. The predicted molar refractivity (Wildman–Crippen MR) is 130 cm³/mol. The fraction of sp³-hybridized carbons (Fsp3) is 0.292. The lowest BCUT2D eigenvalue weighted by Crippen LogP contribution is -2.38. The number of benzene rings is 1. The van der Waals surface area contributed by atoms with Gasteiger partial charge in [-0.25, -0.2) is 0 Å². The van der Waals surface area contributed by atoms with Crippen LogP contribution in [-0.2, 0) is 16.1 Å². The molecular weight excluding hydrogens is 458 g/mol. The maximum Gasteiger partial charge on any atom is 0.269 e. The van der Waals surface area contributed by atoms with Gasteiger partial charge in [-0.2, -0.15) is 0 Å². The summed E-state index contributed by atoms with van der Waals surface area (Å²) in [5.74, 6) is 0.439. The number of nitro benzene ring substituents is 1. The minimum Gasteiger partial charge on any atom is -0.457 e. The first kappa shape index (κ1) is 24.8. The highest BCUT2D eigenvalue weighted by Gasteiger charge is 2.20. The minimum atomic E-state index is -0.638. The number of non-ortho nitro benzene ring substituents is 1. The quantitative estimate of drug-likeness (QED) is 0.393. The minimum absolute atomic E-state index is 0.0258. The number of Topliss-reactive ketones (excluding diaryl/α,β-unsaturated/α-hetero) is 1. The molecule has 2 heterocycles. The van der Waals surface area contributed by atoms with Gasteiger partial charge in [0.25, 0.3) is 11.2 Å². The zero-order chi connectivity index (χ0) is 25.2. The average molecular weight is 484 g/mol. The van der Waals surface area contributed by atoms with Crippen LogP contribution in [0.3, 0.4) is 0 Å². The molecule has 0 aliphatic heterocycles. The van der Waals surface area contributed by atoms with E-state index in [0.717, 1.165) is 11.3 Å². The number of thiazole rings is 1. The highest BCUT2D eigenvalue weighted by Crippen LogP contribution is 2.24. The van der Waals surface area contributed by atoms with Crippen molar-refractivity contribution < 1.29 is 18.9 Å². The Kier molecular flexibility index (Phi) is 7.01. The third-order valence-electron chi connectivity index (χ3n) is 4.99. The molecule has 1 aromatic carbocycles. The number of nitrogens with zero attached hydrogens (tertiary/aromatic N) is 3. The van der Waals surface area contributed by atoms with Crippen molar-refractivity contribution in [2.45, 2.75) is 27.3 Å². The van der Waals surface area contributed by atoms with Crippen LogP contribution in [0.5, 0.6) is 0 Å². The number of hydrogen-bond acceptors (Lipinski definition) is 7. The molecule has 0 bridgehead atoms. The molecule has 0 aliphatic carbocycles. The molecule has 0 radical (unpaired) electrons. The average Bonchev–Trinajstić information content (AvgIpc) is 3.33. The van der Waals surface area contributed by atoms with Gasteiger partial charge in [0, 0.05) is 49.4 Å². The van der Waals surface area contributed by atoms with Crippen molar-refractivity contribution in [1.29, 1.82) is 0 Å². The van der Waals surface area contributed by atoms with E-state index in [4.69, 9.17) is 4.42 Å². The maximum atomic E-state index is 13.1. The third kappa shape index (κ3) is 5.57. The summed E-state index contributed by atoms with van der Waals surface area (Å²) in [5.41, 5.74) is -0.417. The summed E-state index contributed by atoms with van der Waals surface area (Å²) < 4.78 is 7.80. The van der Waals surface area contributed by atoms with Gasteiger partial charge in [-0.1, -0.05) is 20.8 Å². The van der Waals surface area contributed by atoms with Crippen LogP contribution in [-0.4, -0.2) is 40.2 Å². The standard InChI is InChI=1S/C24H25N3O6S/c1-24(2,3)20(28)13-22-26(14-21(29)25(4)5)23(30)19(34-22)12-17-10-11-18(33-17)15-6-8-16(9-7-15)27(31)32/h6-13H,14H2,1-5H3/b19-12-,22-13+. The second-order valence-electron chi connectivity index (χ2n) is 8.89. The van der Waals surface area contributed by atoms with Crippen molar-refractivity contribution >= 4 is 40.9 Å². The normalized spacial score (nSPS) is 12.7. The first-order valence-electron chi connectivity index (χ1n) is 10.4. The van der Waals surface area contributed by atoms with E-state index in [1.807, 2.05) is 0 Å². The molecule has 0 saturated carbocycles. The van der Waals surface area contributed by atoms with Gasteiger partial charge in [-0.3, -0.25) is 29.1 Å². The fourth-order valence-electron chi connectivity index (χ4n) is 2.86. The first-order chi connectivity index (χ1) is 15.9. The first-order valence-corrected chi connectivity index (χ1v) is 11.2. The summed E-state index contributed by atoms with van der Waals surface area (Å²) in [6.07, 6.45) is 2.95. The second-order valence-corrected chi connectivity index (χ2v) is 9.96. The van der Waals surface area contributed by atoms with E-state index < -0.39 is 15.9 Å². The Hall–Kier alpha value is -3.79. The van der Waals surface area contributed by atoms with E-state index in [1.54, 1.807) is 65.2 Å². The Balaban J connectivity index is 2.06. The molecule has 0 fully saturated rings. The van der Waals surface area contributed by atoms with Crippen LogP contribution in [0.25, 0.3) is 23.5 Å². The monoisotopic (exact) mass is 483 g/mol. The van der Waals surface area contributed by atoms with E-state index >= 15 is 0 Å². The molecule has 3 aromatic rings. The number of ketones is 1. The number of likely N-dealkylation sites (N-methyl/N-ethyl adjacent to an activating group) is 1. The Morgan fingerprint density at radius 3 is 2.35 bits per heavy atom. The van der Waals surface area contributed by atoms with Crippen molar-refractivity contribution in [2.75, 3.05) is 14.1 Å². The molecule has 0 aliphatic rings. The number of furan rings is 1. The van der Waals surface area contributed by atoms with E-state index in [-0.39, 0.29) is 23.9 Å². The Labute approximate surface area is 199 Å². The van der Waals surface area contributed by atoms with Crippen LogP contribution in [0, 0.1) is 15.5 Å². The summed E-state index contributed by atoms with van der Waals surface area (Å²) in [6, 6.07) is 9.30. The van der Waals surface area contributed by atoms with Crippen LogP contribution in [0.15, 0.2) is 45.6 Å². The molecule has 9 nitrogen and oxygen atoms in total. The SMILES string of the molecule is CN(C)C(=O)Cn1c(=O)/c(=C/c2ccc(-c3ccc([N+](=O)[O-])cc3)o2)s/c1=C/C(=O)C(C)(C)C. The zero-order valence-electron chi connectivity index (χ0n) is 19.5. The molecule has 178 valence electrons. The Bertz CT molecular complexity index is 1420. The molecule has 10 heteroatoms. The molecule has 0 spiro atoms. The number of carbonyl (C=O) groups excluding carboxylic acids is 2. The molecule has 2 aromatic heterocycles. The van der Waals surface area contributed by atoms with Gasteiger partial charge in [-0.05, 0) is 24.3 Å². The van der Waals surface area contributed by atoms with Crippen LogP contribution in [0.4, 0.5) is 5.69 Å². The lowest BCUT2D eigenvalue weighted by molar-refractivity contribution is -0.384. The van der Waals surface area contributed by atoms with Crippen LogP contribution < -0.4 is 14.8 Å². The summed E-state index contributed by atoms with van der Waals surface area (Å²) in [5, 5.41) is 10.8. The number of rotatable bonds is 6. The highest BCUT2D eigenvalue weighted by atomic mass is 32.1. The molecule has 0 atom stereocenters. The summed E-state index contributed by atoms with van der Waals surface area (Å²) in [6.45, 7) is 5.15. The van der Waals surface area contributed by atoms with Crippen molar-refractivity contribution in [3.8, 4) is 11.3 Å². The molecule has 0 N–H and O–H groups in total. The van der Waals surface area contributed by atoms with Crippen molar-refractivity contribution in [3.63, 3.8) is 0 Å². The van der Waals surface area contributed by atoms with Gasteiger partial charge in [0.15, 0.2) is 5.78 Å². The van der Waals surface area contributed by atoms with E-state index in [0.29, 0.717) is 26.3 Å². The number of amides is 1. The van der Waals surface area contributed by atoms with Crippen LogP contribution >= 0.6 is 11.3 Å². The van der Waals surface area contributed by atoms with Gasteiger partial charge < -0.3 is 9.32 Å². The van der Waals surface area contributed by atoms with Gasteiger partial charge in [0.1, 0.15) is 22.7 Å². The van der Waals surface area contributed by atoms with Gasteiger partial charge in [0.2, 0.25) is 5.91 Å². The highest BCUT2D eigenvalue weighted by molar-refractivity contribution is 7.07. The summed E-state index contributed by atoms with van der Waals surface area (Å²) in [4.78, 5) is 49.7. The van der Waals surface area contributed by atoms with Crippen LogP contribution in [0.2, 0.25) is 0 Å². The van der Waals surface area contributed by atoms with Crippen molar-refractivity contribution in [2.24, 2.45) is 5.41 Å². The second kappa shape index (κ2) is 9.60.